The van der Waals surface area contributed by atoms with Crippen LogP contribution in [0.4, 0.5) is 13.2 Å². The van der Waals surface area contributed by atoms with Crippen LogP contribution in [0.1, 0.15) is 25.7 Å². The Morgan fingerprint density at radius 2 is 1.96 bits per heavy atom. The molecule has 130 valence electrons. The van der Waals surface area contributed by atoms with Crippen molar-refractivity contribution in [2.45, 2.75) is 43.3 Å². The molecule has 2 rings (SSSR count). The number of carbonyl (C=O) groups excluding carboxylic acids is 2. The SMILES string of the molecule is COC(=O)[C@@H]1CCC2CCC(OS(=O)(=O)C(F)(F)F)=CC(=O)N21. The Morgan fingerprint density at radius 3 is 2.52 bits per heavy atom. The van der Waals surface area contributed by atoms with Crippen molar-refractivity contribution in [1.29, 1.82) is 0 Å². The predicted octanol–water partition coefficient (Wildman–Crippen LogP) is 1.06. The fourth-order valence-electron chi connectivity index (χ4n) is 2.71. The number of ether oxygens (including phenoxy) is 1. The number of methoxy groups -OCH3 is 1. The summed E-state index contributed by atoms with van der Waals surface area (Å²) < 4.78 is 67.7. The third-order valence-corrected chi connectivity index (χ3v) is 4.74. The molecule has 1 saturated heterocycles. The van der Waals surface area contributed by atoms with Crippen LogP contribution in [0.15, 0.2) is 11.8 Å². The molecule has 2 aliphatic rings. The van der Waals surface area contributed by atoms with Gasteiger partial charge in [0.05, 0.1) is 7.11 Å². The fourth-order valence-corrected chi connectivity index (χ4v) is 3.22. The van der Waals surface area contributed by atoms with E-state index in [1.807, 2.05) is 0 Å². The average Bonchev–Trinajstić information content (AvgIpc) is 2.80. The summed E-state index contributed by atoms with van der Waals surface area (Å²) >= 11 is 0. The largest absolute Gasteiger partial charge is 0.534 e. The summed E-state index contributed by atoms with van der Waals surface area (Å²) in [4.78, 5) is 25.0. The first-order valence-electron chi connectivity index (χ1n) is 6.68. The van der Waals surface area contributed by atoms with Gasteiger partial charge in [0.2, 0.25) is 0 Å². The molecule has 0 radical (unpaired) electrons. The Balaban J connectivity index is 2.22. The molecule has 0 saturated carbocycles. The summed E-state index contributed by atoms with van der Waals surface area (Å²) in [7, 11) is -4.66. The van der Waals surface area contributed by atoms with Gasteiger partial charge in [-0.2, -0.15) is 21.6 Å². The van der Waals surface area contributed by atoms with Crippen LogP contribution in [0, 0.1) is 0 Å². The van der Waals surface area contributed by atoms with Crippen molar-refractivity contribution >= 4 is 22.0 Å². The molecular formula is C12H14F3NO6S. The summed E-state index contributed by atoms with van der Waals surface area (Å²) in [6.07, 6.45) is 1.58. The number of hydrogen-bond acceptors (Lipinski definition) is 6. The number of esters is 1. The molecular weight excluding hydrogens is 343 g/mol. The molecule has 0 aromatic rings. The number of amides is 1. The quantitative estimate of drug-likeness (QED) is 0.426. The topological polar surface area (TPSA) is 90.0 Å². The highest BCUT2D eigenvalue weighted by Gasteiger charge is 2.49. The van der Waals surface area contributed by atoms with Crippen molar-refractivity contribution < 1.29 is 40.1 Å². The van der Waals surface area contributed by atoms with Gasteiger partial charge in [0.15, 0.2) is 0 Å². The van der Waals surface area contributed by atoms with Crippen LogP contribution in [0.25, 0.3) is 0 Å². The number of fused-ring (bicyclic) bond motifs is 1. The molecule has 1 amide bonds. The van der Waals surface area contributed by atoms with Gasteiger partial charge in [-0.25, -0.2) is 4.79 Å². The number of nitrogens with zero attached hydrogens (tertiary/aromatic N) is 1. The minimum absolute atomic E-state index is 0.157. The average molecular weight is 357 g/mol. The van der Waals surface area contributed by atoms with Crippen LogP contribution in [0.5, 0.6) is 0 Å². The van der Waals surface area contributed by atoms with E-state index >= 15 is 0 Å². The van der Waals surface area contributed by atoms with Gasteiger partial charge in [-0.15, -0.1) is 0 Å². The van der Waals surface area contributed by atoms with E-state index in [0.717, 1.165) is 7.11 Å². The maximum absolute atomic E-state index is 12.3. The van der Waals surface area contributed by atoms with Gasteiger partial charge in [-0.1, -0.05) is 0 Å². The lowest BCUT2D eigenvalue weighted by molar-refractivity contribution is -0.150. The van der Waals surface area contributed by atoms with Gasteiger partial charge >= 0.3 is 21.6 Å². The minimum atomic E-state index is -5.83. The van der Waals surface area contributed by atoms with Gasteiger partial charge in [0.25, 0.3) is 5.91 Å². The van der Waals surface area contributed by atoms with Crippen molar-refractivity contribution in [3.05, 3.63) is 11.8 Å². The molecule has 7 nitrogen and oxygen atoms in total. The standard InChI is InChI=1S/C12H14F3NO6S/c1-21-11(18)9-5-3-7-2-4-8(6-10(17)16(7)9)22-23(19,20)12(13,14)15/h6-7,9H,2-5H2,1H3/t7?,9-/m0/s1. The van der Waals surface area contributed by atoms with E-state index in [1.165, 1.54) is 4.90 Å². The van der Waals surface area contributed by atoms with Crippen LogP contribution in [-0.2, 0) is 28.6 Å². The number of rotatable bonds is 3. The molecule has 2 heterocycles. The Labute approximate surface area is 130 Å². The number of allylic oxidation sites excluding steroid dienone is 1. The Morgan fingerprint density at radius 1 is 1.30 bits per heavy atom. The normalized spacial score (nSPS) is 25.5. The highest BCUT2D eigenvalue weighted by Crippen LogP contribution is 2.34. The maximum atomic E-state index is 12.3. The zero-order valence-electron chi connectivity index (χ0n) is 12.0. The minimum Gasteiger partial charge on any atom is -0.467 e. The lowest BCUT2D eigenvalue weighted by atomic mass is 10.1. The number of hydrogen-bond donors (Lipinski definition) is 0. The molecule has 0 spiro atoms. The monoisotopic (exact) mass is 357 g/mol. The third kappa shape index (κ3) is 3.43. The van der Waals surface area contributed by atoms with Gasteiger partial charge in [-0.05, 0) is 19.3 Å². The van der Waals surface area contributed by atoms with E-state index < -0.39 is 39.3 Å². The molecule has 2 atom stereocenters. The third-order valence-electron chi connectivity index (χ3n) is 3.74. The van der Waals surface area contributed by atoms with Crippen LogP contribution in [0.3, 0.4) is 0 Å². The van der Waals surface area contributed by atoms with Crippen LogP contribution < -0.4 is 0 Å². The van der Waals surface area contributed by atoms with Crippen molar-refractivity contribution in [3.8, 4) is 0 Å². The van der Waals surface area contributed by atoms with Crippen molar-refractivity contribution in [2.24, 2.45) is 0 Å². The maximum Gasteiger partial charge on any atom is 0.534 e. The Hall–Kier alpha value is -1.78. The van der Waals surface area contributed by atoms with Gasteiger partial charge in [0.1, 0.15) is 11.8 Å². The van der Waals surface area contributed by atoms with E-state index in [-0.39, 0.29) is 18.9 Å². The first-order chi connectivity index (χ1) is 10.6. The zero-order valence-corrected chi connectivity index (χ0v) is 12.8. The second-order valence-electron chi connectivity index (χ2n) is 5.15. The second-order valence-corrected chi connectivity index (χ2v) is 6.69. The summed E-state index contributed by atoms with van der Waals surface area (Å²) in [6.45, 7) is 0. The van der Waals surface area contributed by atoms with E-state index in [4.69, 9.17) is 0 Å². The molecule has 23 heavy (non-hydrogen) atoms. The fraction of sp³-hybridized carbons (Fsp3) is 0.667. The smallest absolute Gasteiger partial charge is 0.467 e. The number of carbonyl (C=O) groups is 2. The molecule has 0 aromatic heterocycles. The zero-order chi connectivity index (χ0) is 17.4. The molecule has 0 aromatic carbocycles. The van der Waals surface area contributed by atoms with Crippen molar-refractivity contribution in [1.82, 2.24) is 4.90 Å². The van der Waals surface area contributed by atoms with E-state index in [0.29, 0.717) is 18.9 Å². The molecule has 2 aliphatic heterocycles. The van der Waals surface area contributed by atoms with Crippen LogP contribution >= 0.6 is 0 Å². The van der Waals surface area contributed by atoms with Crippen LogP contribution in [0.2, 0.25) is 0 Å². The first-order valence-corrected chi connectivity index (χ1v) is 8.09. The highest BCUT2D eigenvalue weighted by molar-refractivity contribution is 7.87. The van der Waals surface area contributed by atoms with Gasteiger partial charge in [0, 0.05) is 18.5 Å². The van der Waals surface area contributed by atoms with Crippen molar-refractivity contribution in [2.75, 3.05) is 7.11 Å². The predicted molar refractivity (Wildman–Crippen MR) is 69.0 cm³/mol. The lowest BCUT2D eigenvalue weighted by Gasteiger charge is -2.26. The van der Waals surface area contributed by atoms with E-state index in [1.54, 1.807) is 0 Å². The molecule has 0 N–H and O–H groups in total. The summed E-state index contributed by atoms with van der Waals surface area (Å²) in [6, 6.07) is -1.20. The lowest BCUT2D eigenvalue weighted by Crippen LogP contribution is -2.44. The summed E-state index contributed by atoms with van der Waals surface area (Å²) in [5.74, 6) is -1.99. The molecule has 0 bridgehead atoms. The number of alkyl halides is 3. The first kappa shape index (κ1) is 17.6. The van der Waals surface area contributed by atoms with E-state index in [2.05, 4.69) is 8.92 Å². The molecule has 1 unspecified atom stereocenters. The van der Waals surface area contributed by atoms with E-state index in [9.17, 15) is 31.2 Å². The van der Waals surface area contributed by atoms with Gasteiger partial charge in [-0.3, -0.25) is 4.79 Å². The van der Waals surface area contributed by atoms with Crippen molar-refractivity contribution in [3.63, 3.8) is 0 Å². The van der Waals surface area contributed by atoms with Gasteiger partial charge < -0.3 is 13.8 Å². The number of halogens is 3. The Bertz CT molecular complexity index is 642. The highest BCUT2D eigenvalue weighted by atomic mass is 32.2. The van der Waals surface area contributed by atoms with Crippen LogP contribution in [-0.4, -0.2) is 49.9 Å². The summed E-state index contributed by atoms with van der Waals surface area (Å²) in [5, 5.41) is 0. The Kier molecular flexibility index (Phi) is 4.60. The molecule has 1 fully saturated rings. The second kappa shape index (κ2) is 6.02. The molecule has 11 heteroatoms. The molecule has 0 aliphatic carbocycles. The summed E-state index contributed by atoms with van der Waals surface area (Å²) in [5.41, 5.74) is -5.58.